The number of likely N-dealkylation sites (tertiary alicyclic amines) is 2. The average Bonchev–Trinajstić information content (AvgIpc) is 3.14. The molecule has 5 heteroatoms. The molecule has 22 heavy (non-hydrogen) atoms. The fourth-order valence-electron chi connectivity index (χ4n) is 4.19. The van der Waals surface area contributed by atoms with Crippen LogP contribution in [0.15, 0.2) is 0 Å². The number of carbonyl (C=O) groups is 2. The van der Waals surface area contributed by atoms with Crippen molar-refractivity contribution in [2.24, 2.45) is 5.73 Å². The quantitative estimate of drug-likeness (QED) is 0.781. The number of primary amides is 1. The van der Waals surface area contributed by atoms with Crippen molar-refractivity contribution < 1.29 is 9.59 Å². The Hall–Kier alpha value is -1.10. The van der Waals surface area contributed by atoms with E-state index in [9.17, 15) is 9.59 Å². The van der Waals surface area contributed by atoms with Crippen molar-refractivity contribution >= 4 is 11.8 Å². The minimum Gasteiger partial charge on any atom is -0.368 e. The summed E-state index contributed by atoms with van der Waals surface area (Å²) in [5.41, 5.74) is 5.68. The van der Waals surface area contributed by atoms with Gasteiger partial charge in [0.15, 0.2) is 0 Å². The van der Waals surface area contributed by atoms with Gasteiger partial charge in [-0.15, -0.1) is 0 Å². The lowest BCUT2D eigenvalue weighted by atomic mass is 9.99. The van der Waals surface area contributed by atoms with E-state index in [1.807, 2.05) is 6.92 Å². The molecule has 2 aliphatic rings. The van der Waals surface area contributed by atoms with Crippen LogP contribution in [0.4, 0.5) is 0 Å². The molecule has 0 aliphatic carbocycles. The standard InChI is InChI=1S/C17H31N3O2/c1-3-5-8-15(17(18)22)19-11-6-9-13(19)14-10-7-12-20(14)16(21)4-2/h13-15H,3-12H2,1-2H3,(H2,18,22)/t13-,14+,15-/m1/s1. The lowest BCUT2D eigenvalue weighted by Crippen LogP contribution is -2.54. The second-order valence-corrected chi connectivity index (χ2v) is 6.66. The molecule has 0 radical (unpaired) electrons. The normalized spacial score (nSPS) is 27.3. The Labute approximate surface area is 134 Å². The van der Waals surface area contributed by atoms with Crippen LogP contribution in [0.5, 0.6) is 0 Å². The Morgan fingerprint density at radius 3 is 2.45 bits per heavy atom. The highest BCUT2D eigenvalue weighted by Crippen LogP contribution is 2.32. The molecular formula is C17H31N3O2. The van der Waals surface area contributed by atoms with Crippen LogP contribution in [-0.2, 0) is 9.59 Å². The van der Waals surface area contributed by atoms with Crippen molar-refractivity contribution in [1.82, 2.24) is 9.80 Å². The zero-order valence-electron chi connectivity index (χ0n) is 14.1. The maximum atomic E-state index is 12.2. The van der Waals surface area contributed by atoms with Gasteiger partial charge in [-0.3, -0.25) is 14.5 Å². The SMILES string of the molecule is CCCC[C@H](C(N)=O)N1CCC[C@@H]1[C@@H]1CCCN1C(=O)CC. The van der Waals surface area contributed by atoms with E-state index in [4.69, 9.17) is 5.73 Å². The van der Waals surface area contributed by atoms with E-state index in [0.29, 0.717) is 12.5 Å². The highest BCUT2D eigenvalue weighted by Gasteiger charge is 2.42. The summed E-state index contributed by atoms with van der Waals surface area (Å²) in [5.74, 6) is 0.0465. The van der Waals surface area contributed by atoms with Crippen LogP contribution in [-0.4, -0.2) is 52.8 Å². The summed E-state index contributed by atoms with van der Waals surface area (Å²) < 4.78 is 0. The predicted molar refractivity (Wildman–Crippen MR) is 87.3 cm³/mol. The van der Waals surface area contributed by atoms with Gasteiger partial charge in [0.2, 0.25) is 11.8 Å². The molecule has 0 bridgehead atoms. The van der Waals surface area contributed by atoms with Crippen LogP contribution < -0.4 is 5.73 Å². The number of rotatable bonds is 7. The van der Waals surface area contributed by atoms with Crippen molar-refractivity contribution in [1.29, 1.82) is 0 Å². The minimum atomic E-state index is -0.202. The molecular weight excluding hydrogens is 278 g/mol. The van der Waals surface area contributed by atoms with Crippen molar-refractivity contribution in [3.05, 3.63) is 0 Å². The molecule has 0 aromatic rings. The highest BCUT2D eigenvalue weighted by molar-refractivity contribution is 5.80. The summed E-state index contributed by atoms with van der Waals surface area (Å²) in [6, 6.07) is 0.428. The average molecular weight is 309 g/mol. The van der Waals surface area contributed by atoms with Gasteiger partial charge in [0.05, 0.1) is 6.04 Å². The van der Waals surface area contributed by atoms with Gasteiger partial charge in [0.25, 0.3) is 0 Å². The summed E-state index contributed by atoms with van der Waals surface area (Å²) in [5, 5.41) is 0. The monoisotopic (exact) mass is 309 g/mol. The zero-order chi connectivity index (χ0) is 16.1. The van der Waals surface area contributed by atoms with Crippen molar-refractivity contribution in [3.63, 3.8) is 0 Å². The van der Waals surface area contributed by atoms with Crippen molar-refractivity contribution in [3.8, 4) is 0 Å². The van der Waals surface area contributed by atoms with Crippen molar-refractivity contribution in [2.75, 3.05) is 13.1 Å². The predicted octanol–water partition coefficient (Wildman–Crippen LogP) is 1.90. The minimum absolute atomic E-state index is 0.161. The first-order chi connectivity index (χ1) is 10.6. The summed E-state index contributed by atoms with van der Waals surface area (Å²) >= 11 is 0. The molecule has 2 rings (SSSR count). The summed E-state index contributed by atoms with van der Waals surface area (Å²) in [4.78, 5) is 28.5. The molecule has 2 amide bonds. The third-order valence-electron chi connectivity index (χ3n) is 5.27. The van der Waals surface area contributed by atoms with Crippen LogP contribution >= 0.6 is 0 Å². The van der Waals surface area contributed by atoms with Crippen LogP contribution in [0, 0.1) is 0 Å². The molecule has 2 N–H and O–H groups in total. The molecule has 0 aromatic carbocycles. The Morgan fingerprint density at radius 1 is 1.14 bits per heavy atom. The first-order valence-electron chi connectivity index (χ1n) is 8.94. The van der Waals surface area contributed by atoms with Crippen LogP contribution in [0.1, 0.15) is 65.2 Å². The van der Waals surface area contributed by atoms with E-state index >= 15 is 0 Å². The molecule has 126 valence electrons. The maximum Gasteiger partial charge on any atom is 0.234 e. The second kappa shape index (κ2) is 7.95. The first-order valence-corrected chi connectivity index (χ1v) is 8.94. The summed E-state index contributed by atoms with van der Waals surface area (Å²) in [7, 11) is 0. The fraction of sp³-hybridized carbons (Fsp3) is 0.882. The van der Waals surface area contributed by atoms with E-state index in [1.165, 1.54) is 0 Å². The van der Waals surface area contributed by atoms with E-state index in [0.717, 1.165) is 58.0 Å². The van der Waals surface area contributed by atoms with Gasteiger partial charge in [-0.05, 0) is 38.6 Å². The zero-order valence-corrected chi connectivity index (χ0v) is 14.1. The molecule has 2 fully saturated rings. The van der Waals surface area contributed by atoms with Gasteiger partial charge in [-0.1, -0.05) is 26.7 Å². The van der Waals surface area contributed by atoms with E-state index in [1.54, 1.807) is 0 Å². The topological polar surface area (TPSA) is 66.6 Å². The van der Waals surface area contributed by atoms with Crippen LogP contribution in [0.25, 0.3) is 0 Å². The van der Waals surface area contributed by atoms with E-state index in [-0.39, 0.29) is 23.9 Å². The molecule has 0 aromatic heterocycles. The molecule has 0 spiro atoms. The van der Waals surface area contributed by atoms with Crippen LogP contribution in [0.2, 0.25) is 0 Å². The molecule has 2 heterocycles. The number of hydrogen-bond donors (Lipinski definition) is 1. The first kappa shape index (κ1) is 17.3. The Balaban J connectivity index is 2.11. The number of amides is 2. The number of unbranched alkanes of at least 4 members (excludes halogenated alkanes) is 1. The number of nitrogens with two attached hydrogens (primary N) is 1. The third-order valence-corrected chi connectivity index (χ3v) is 5.27. The Morgan fingerprint density at radius 2 is 1.82 bits per heavy atom. The molecule has 2 saturated heterocycles. The molecule has 2 aliphatic heterocycles. The Bertz CT molecular complexity index is 399. The number of carbonyl (C=O) groups excluding carboxylic acids is 2. The smallest absolute Gasteiger partial charge is 0.234 e. The van der Waals surface area contributed by atoms with E-state index in [2.05, 4.69) is 16.7 Å². The van der Waals surface area contributed by atoms with Gasteiger partial charge in [-0.25, -0.2) is 0 Å². The lowest BCUT2D eigenvalue weighted by molar-refractivity contribution is -0.133. The molecule has 3 atom stereocenters. The second-order valence-electron chi connectivity index (χ2n) is 6.66. The lowest BCUT2D eigenvalue weighted by Gasteiger charge is -2.38. The van der Waals surface area contributed by atoms with E-state index < -0.39 is 0 Å². The molecule has 0 saturated carbocycles. The fourth-order valence-corrected chi connectivity index (χ4v) is 4.19. The largest absolute Gasteiger partial charge is 0.368 e. The van der Waals surface area contributed by atoms with Crippen molar-refractivity contribution in [2.45, 2.75) is 83.3 Å². The molecule has 0 unspecified atom stereocenters. The van der Waals surface area contributed by atoms with Crippen LogP contribution in [0.3, 0.4) is 0 Å². The third kappa shape index (κ3) is 3.62. The summed E-state index contributed by atoms with van der Waals surface area (Å²) in [6.07, 6.45) is 7.84. The number of nitrogens with zero attached hydrogens (tertiary/aromatic N) is 2. The number of hydrogen-bond acceptors (Lipinski definition) is 3. The Kier molecular flexibility index (Phi) is 6.24. The van der Waals surface area contributed by atoms with Gasteiger partial charge in [0, 0.05) is 25.0 Å². The van der Waals surface area contributed by atoms with Gasteiger partial charge in [0.1, 0.15) is 0 Å². The summed E-state index contributed by atoms with van der Waals surface area (Å²) in [6.45, 7) is 5.88. The van der Waals surface area contributed by atoms with Gasteiger partial charge in [-0.2, -0.15) is 0 Å². The molecule has 5 nitrogen and oxygen atoms in total. The van der Waals surface area contributed by atoms with Gasteiger partial charge >= 0.3 is 0 Å². The highest BCUT2D eigenvalue weighted by atomic mass is 16.2. The van der Waals surface area contributed by atoms with Gasteiger partial charge < -0.3 is 10.6 Å². The maximum absolute atomic E-state index is 12.2.